The molecule has 1 aliphatic heterocycles. The van der Waals surface area contributed by atoms with Gasteiger partial charge in [-0.2, -0.15) is 0 Å². The molecule has 116 valence electrons. The molecule has 1 fully saturated rings. The van der Waals surface area contributed by atoms with Crippen LogP contribution in [0.1, 0.15) is 25.3 Å². The van der Waals surface area contributed by atoms with Crippen molar-refractivity contribution in [3.63, 3.8) is 0 Å². The minimum Gasteiger partial charge on any atom is -0.382 e. The molecule has 0 unspecified atom stereocenters. The third kappa shape index (κ3) is 3.95. The minimum absolute atomic E-state index is 0.0975. The van der Waals surface area contributed by atoms with Crippen molar-refractivity contribution in [3.05, 3.63) is 23.8 Å². The number of carbonyl (C=O) groups excluding carboxylic acids is 1. The van der Waals surface area contributed by atoms with Gasteiger partial charge in [-0.1, -0.05) is 6.07 Å². The van der Waals surface area contributed by atoms with E-state index in [1.54, 1.807) is 26.0 Å². The Morgan fingerprint density at radius 2 is 1.95 bits per heavy atom. The van der Waals surface area contributed by atoms with Crippen molar-refractivity contribution in [2.24, 2.45) is 5.14 Å². The second kappa shape index (κ2) is 6.03. The van der Waals surface area contributed by atoms with E-state index in [9.17, 15) is 13.2 Å². The fourth-order valence-electron chi connectivity index (χ4n) is 2.57. The molecule has 0 spiro atoms. The van der Waals surface area contributed by atoms with Crippen molar-refractivity contribution in [2.45, 2.75) is 37.6 Å². The molecule has 1 amide bonds. The summed E-state index contributed by atoms with van der Waals surface area (Å²) in [5.41, 5.74) is 1.38. The van der Waals surface area contributed by atoms with Crippen LogP contribution in [0, 0.1) is 6.92 Å². The van der Waals surface area contributed by atoms with Crippen LogP contribution in [0.25, 0.3) is 0 Å². The summed E-state index contributed by atoms with van der Waals surface area (Å²) in [5, 5.41) is 8.53. The van der Waals surface area contributed by atoms with Gasteiger partial charge in [0.05, 0.1) is 4.90 Å². The largest absolute Gasteiger partial charge is 0.382 e. The standard InChI is InChI=1S/C14H21N3O3S/c1-10-3-4-13(9-14(10)21(15,19)20)16-12-5-7-17(8-6-12)11(2)18/h3-4,9,12,16H,5-8H2,1-2H3,(H2,15,19,20). The summed E-state index contributed by atoms with van der Waals surface area (Å²) in [5.74, 6) is 0.0975. The van der Waals surface area contributed by atoms with Crippen LogP contribution in [0.2, 0.25) is 0 Å². The molecule has 21 heavy (non-hydrogen) atoms. The van der Waals surface area contributed by atoms with Crippen LogP contribution in [-0.4, -0.2) is 38.4 Å². The number of rotatable bonds is 3. The predicted molar refractivity (Wildman–Crippen MR) is 81.5 cm³/mol. The highest BCUT2D eigenvalue weighted by Crippen LogP contribution is 2.22. The number of benzene rings is 1. The van der Waals surface area contributed by atoms with Gasteiger partial charge in [-0.25, -0.2) is 13.6 Å². The molecule has 0 bridgehead atoms. The number of aryl methyl sites for hydroxylation is 1. The molecule has 0 aliphatic carbocycles. The number of nitrogens with two attached hydrogens (primary N) is 1. The number of piperidine rings is 1. The third-order valence-electron chi connectivity index (χ3n) is 3.81. The molecular weight excluding hydrogens is 290 g/mol. The van der Waals surface area contributed by atoms with Crippen LogP contribution in [-0.2, 0) is 14.8 Å². The van der Waals surface area contributed by atoms with E-state index in [1.165, 1.54) is 0 Å². The van der Waals surface area contributed by atoms with E-state index in [1.807, 2.05) is 11.0 Å². The average molecular weight is 311 g/mol. The van der Waals surface area contributed by atoms with E-state index in [4.69, 9.17) is 5.14 Å². The van der Waals surface area contributed by atoms with Crippen molar-refractivity contribution >= 4 is 21.6 Å². The summed E-state index contributed by atoms with van der Waals surface area (Å²) >= 11 is 0. The van der Waals surface area contributed by atoms with Crippen molar-refractivity contribution in [3.8, 4) is 0 Å². The highest BCUT2D eigenvalue weighted by molar-refractivity contribution is 7.89. The quantitative estimate of drug-likeness (QED) is 0.873. The first-order valence-corrected chi connectivity index (χ1v) is 8.47. The van der Waals surface area contributed by atoms with Crippen LogP contribution in [0.15, 0.2) is 23.1 Å². The predicted octanol–water partition coefficient (Wildman–Crippen LogP) is 1.07. The highest BCUT2D eigenvalue weighted by Gasteiger charge is 2.21. The Kier molecular flexibility index (Phi) is 4.53. The lowest BCUT2D eigenvalue weighted by Crippen LogP contribution is -2.41. The molecule has 2 rings (SSSR count). The van der Waals surface area contributed by atoms with Gasteiger partial charge in [-0.15, -0.1) is 0 Å². The molecule has 1 aliphatic rings. The van der Waals surface area contributed by atoms with Crippen LogP contribution < -0.4 is 10.5 Å². The second-order valence-electron chi connectivity index (χ2n) is 5.45. The summed E-state index contributed by atoms with van der Waals surface area (Å²) < 4.78 is 23.0. The molecule has 3 N–H and O–H groups in total. The molecule has 7 heteroatoms. The first-order valence-electron chi connectivity index (χ1n) is 6.93. The first kappa shape index (κ1) is 15.8. The Morgan fingerprint density at radius 3 is 2.48 bits per heavy atom. The third-order valence-corrected chi connectivity index (χ3v) is 4.86. The van der Waals surface area contributed by atoms with Crippen molar-refractivity contribution in [1.29, 1.82) is 0 Å². The molecule has 6 nitrogen and oxygen atoms in total. The smallest absolute Gasteiger partial charge is 0.238 e. The lowest BCUT2D eigenvalue weighted by Gasteiger charge is -2.32. The molecule has 1 saturated heterocycles. The highest BCUT2D eigenvalue weighted by atomic mass is 32.2. The van der Waals surface area contributed by atoms with Crippen LogP contribution in [0.5, 0.6) is 0 Å². The fraction of sp³-hybridized carbons (Fsp3) is 0.500. The van der Waals surface area contributed by atoms with Gasteiger partial charge >= 0.3 is 0 Å². The molecule has 0 aromatic heterocycles. The van der Waals surface area contributed by atoms with Gasteiger partial charge in [0.25, 0.3) is 0 Å². The number of hydrogen-bond acceptors (Lipinski definition) is 4. The van der Waals surface area contributed by atoms with Gasteiger partial charge in [0.1, 0.15) is 0 Å². The lowest BCUT2D eigenvalue weighted by molar-refractivity contribution is -0.129. The van der Waals surface area contributed by atoms with Crippen LogP contribution in [0.4, 0.5) is 5.69 Å². The Bertz CT molecular complexity index is 635. The number of carbonyl (C=O) groups is 1. The maximum Gasteiger partial charge on any atom is 0.238 e. The van der Waals surface area contributed by atoms with Crippen molar-refractivity contribution < 1.29 is 13.2 Å². The van der Waals surface area contributed by atoms with E-state index in [0.29, 0.717) is 5.56 Å². The van der Waals surface area contributed by atoms with E-state index < -0.39 is 10.0 Å². The first-order chi connectivity index (χ1) is 9.77. The summed E-state index contributed by atoms with van der Waals surface area (Å²) in [7, 11) is -3.71. The number of nitrogens with one attached hydrogen (secondary N) is 1. The minimum atomic E-state index is -3.71. The van der Waals surface area contributed by atoms with Gasteiger partial charge in [0.15, 0.2) is 0 Å². The van der Waals surface area contributed by atoms with Gasteiger partial charge in [-0.05, 0) is 37.5 Å². The SMILES string of the molecule is CC(=O)N1CCC(Nc2ccc(C)c(S(N)(=O)=O)c2)CC1. The molecule has 1 aromatic carbocycles. The van der Waals surface area contributed by atoms with Crippen LogP contribution in [0.3, 0.4) is 0 Å². The van der Waals surface area contributed by atoms with Gasteiger partial charge in [0.2, 0.25) is 15.9 Å². The van der Waals surface area contributed by atoms with Gasteiger partial charge in [-0.3, -0.25) is 4.79 Å². The Balaban J connectivity index is 2.06. The molecule has 0 saturated carbocycles. The number of anilines is 1. The number of primary sulfonamides is 1. The second-order valence-corrected chi connectivity index (χ2v) is 6.98. The number of sulfonamides is 1. The monoisotopic (exact) mass is 311 g/mol. The fourth-order valence-corrected chi connectivity index (χ4v) is 3.38. The molecular formula is C14H21N3O3S. The number of nitrogens with zero attached hydrogens (tertiary/aromatic N) is 1. The van der Waals surface area contributed by atoms with E-state index in [0.717, 1.165) is 31.6 Å². The Labute approximate surface area is 125 Å². The van der Waals surface area contributed by atoms with Gasteiger partial charge < -0.3 is 10.2 Å². The lowest BCUT2D eigenvalue weighted by atomic mass is 10.0. The number of amides is 1. The maximum absolute atomic E-state index is 11.5. The Hall–Kier alpha value is -1.60. The average Bonchev–Trinajstić information content (AvgIpc) is 2.40. The van der Waals surface area contributed by atoms with Crippen molar-refractivity contribution in [1.82, 2.24) is 4.90 Å². The van der Waals surface area contributed by atoms with E-state index in [2.05, 4.69) is 5.32 Å². The molecule has 1 heterocycles. The zero-order valence-corrected chi connectivity index (χ0v) is 13.1. The summed E-state index contributed by atoms with van der Waals surface area (Å²) in [6.45, 7) is 4.74. The summed E-state index contributed by atoms with van der Waals surface area (Å²) in [6.07, 6.45) is 1.69. The van der Waals surface area contributed by atoms with E-state index >= 15 is 0 Å². The molecule has 1 aromatic rings. The normalized spacial score (nSPS) is 16.8. The zero-order valence-electron chi connectivity index (χ0n) is 12.3. The van der Waals surface area contributed by atoms with Crippen LogP contribution >= 0.6 is 0 Å². The summed E-state index contributed by atoms with van der Waals surface area (Å²) in [6, 6.07) is 5.40. The Morgan fingerprint density at radius 1 is 1.33 bits per heavy atom. The molecule has 0 radical (unpaired) electrons. The molecule has 0 atom stereocenters. The maximum atomic E-state index is 11.5. The zero-order chi connectivity index (χ0) is 15.6. The van der Waals surface area contributed by atoms with Crippen molar-refractivity contribution in [2.75, 3.05) is 18.4 Å². The summed E-state index contributed by atoms with van der Waals surface area (Å²) in [4.78, 5) is 13.3. The number of likely N-dealkylation sites (tertiary alicyclic amines) is 1. The van der Waals surface area contributed by atoms with E-state index in [-0.39, 0.29) is 16.8 Å². The number of hydrogen-bond donors (Lipinski definition) is 2. The topological polar surface area (TPSA) is 92.5 Å². The van der Waals surface area contributed by atoms with Gasteiger partial charge in [0, 0.05) is 31.7 Å².